The summed E-state index contributed by atoms with van der Waals surface area (Å²) >= 11 is 1.11. The van der Waals surface area contributed by atoms with E-state index in [4.69, 9.17) is 14.2 Å². The van der Waals surface area contributed by atoms with Crippen LogP contribution in [0.15, 0.2) is 23.8 Å². The van der Waals surface area contributed by atoms with E-state index < -0.39 is 29.1 Å². The summed E-state index contributed by atoms with van der Waals surface area (Å²) in [6.07, 6.45) is 8.05. The van der Waals surface area contributed by atoms with Crippen LogP contribution in [0.3, 0.4) is 0 Å². The number of amides is 3. The second-order valence-corrected chi connectivity index (χ2v) is 12.7. The first-order valence-electron chi connectivity index (χ1n) is 15.7. The second-order valence-electron chi connectivity index (χ2n) is 11.4. The highest BCUT2D eigenvalue weighted by atomic mass is 32.2. The number of hydrogen-bond donors (Lipinski definition) is 2. The van der Waals surface area contributed by atoms with Crippen molar-refractivity contribution in [1.29, 1.82) is 0 Å². The first-order valence-corrected chi connectivity index (χ1v) is 16.7. The molecule has 256 valence electrons. The Balaban J connectivity index is 1.52. The molecule has 0 saturated carbocycles. The molecular formula is C34H44N2O10S. The lowest BCUT2D eigenvalue weighted by molar-refractivity contribution is -0.144. The number of rotatable bonds is 18. The minimum absolute atomic E-state index is 0.0201. The predicted octanol–water partition coefficient (Wildman–Crippen LogP) is 3.87. The van der Waals surface area contributed by atoms with Crippen LogP contribution in [0.25, 0.3) is 0 Å². The fourth-order valence-corrected chi connectivity index (χ4v) is 6.62. The number of thioether (sulfide) groups is 1. The van der Waals surface area contributed by atoms with Crippen molar-refractivity contribution in [2.24, 2.45) is 0 Å². The average molecular weight is 673 g/mol. The number of carbonyl (C=O) groups excluding carboxylic acids is 6. The third-order valence-electron chi connectivity index (χ3n) is 8.12. The van der Waals surface area contributed by atoms with Gasteiger partial charge in [-0.15, -0.1) is 11.8 Å². The number of benzene rings is 1. The van der Waals surface area contributed by atoms with Crippen LogP contribution in [-0.2, 0) is 46.5 Å². The summed E-state index contributed by atoms with van der Waals surface area (Å²) in [5.41, 5.74) is 2.75. The molecule has 2 N–H and O–H groups in total. The number of nitrogens with one attached hydrogen (secondary N) is 1. The number of ether oxygens (including phenoxy) is 3. The third-order valence-corrected chi connectivity index (χ3v) is 9.42. The van der Waals surface area contributed by atoms with Gasteiger partial charge in [-0.05, 0) is 45.1 Å². The number of methoxy groups -OCH3 is 2. The maximum Gasteiger partial charge on any atom is 0.342 e. The van der Waals surface area contributed by atoms with Crippen LogP contribution in [-0.4, -0.2) is 83.3 Å². The van der Waals surface area contributed by atoms with Crippen molar-refractivity contribution in [2.45, 2.75) is 90.0 Å². The molecule has 1 aromatic carbocycles. The van der Waals surface area contributed by atoms with E-state index in [0.29, 0.717) is 36.1 Å². The zero-order valence-electron chi connectivity index (χ0n) is 27.6. The predicted molar refractivity (Wildman–Crippen MR) is 175 cm³/mol. The van der Waals surface area contributed by atoms with E-state index in [9.17, 15) is 33.9 Å². The van der Waals surface area contributed by atoms with Gasteiger partial charge in [0.05, 0.1) is 19.5 Å². The van der Waals surface area contributed by atoms with E-state index in [2.05, 4.69) is 5.32 Å². The van der Waals surface area contributed by atoms with Gasteiger partial charge in [-0.2, -0.15) is 0 Å². The molecule has 0 bridgehead atoms. The van der Waals surface area contributed by atoms with Crippen molar-refractivity contribution in [3.8, 4) is 11.5 Å². The van der Waals surface area contributed by atoms with E-state index in [0.717, 1.165) is 29.3 Å². The van der Waals surface area contributed by atoms with Crippen molar-refractivity contribution in [3.05, 3.63) is 46.1 Å². The molecule has 2 aliphatic rings. The number of phenolic OH excluding ortho intramolecular Hbond substituents is 1. The highest BCUT2D eigenvalue weighted by molar-refractivity contribution is 8.00. The molecule has 3 amide bonds. The summed E-state index contributed by atoms with van der Waals surface area (Å²) in [6, 6.07) is -1.03. The summed E-state index contributed by atoms with van der Waals surface area (Å²) < 4.78 is 15.5. The fourth-order valence-electron chi connectivity index (χ4n) is 5.44. The van der Waals surface area contributed by atoms with Gasteiger partial charge >= 0.3 is 11.9 Å². The number of aromatic hydroxyl groups is 1. The zero-order chi connectivity index (χ0) is 34.7. The van der Waals surface area contributed by atoms with Crippen molar-refractivity contribution >= 4 is 47.2 Å². The summed E-state index contributed by atoms with van der Waals surface area (Å²) in [7, 11) is 2.69. The topological polar surface area (TPSA) is 166 Å². The second kappa shape index (κ2) is 17.7. The van der Waals surface area contributed by atoms with Crippen LogP contribution in [0.1, 0.15) is 85.8 Å². The first kappa shape index (κ1) is 37.3. The molecule has 1 fully saturated rings. The van der Waals surface area contributed by atoms with Gasteiger partial charge in [-0.25, -0.2) is 9.59 Å². The highest BCUT2D eigenvalue weighted by Gasteiger charge is 2.39. The number of allylic oxidation sites excluding steroid dienone is 4. The number of imide groups is 1. The normalized spacial score (nSPS) is 16.8. The Kier molecular flexibility index (Phi) is 14.1. The molecule has 13 heteroatoms. The molecule has 2 aliphatic heterocycles. The lowest BCUT2D eigenvalue weighted by Gasteiger charge is -2.18. The summed E-state index contributed by atoms with van der Waals surface area (Å²) in [5, 5.41) is 12.8. The summed E-state index contributed by atoms with van der Waals surface area (Å²) in [4.78, 5) is 76.0. The van der Waals surface area contributed by atoms with Gasteiger partial charge in [-0.1, -0.05) is 30.7 Å². The molecule has 1 saturated heterocycles. The lowest BCUT2D eigenvalue weighted by Crippen LogP contribution is -2.44. The van der Waals surface area contributed by atoms with Gasteiger partial charge in [0, 0.05) is 49.1 Å². The van der Waals surface area contributed by atoms with Gasteiger partial charge in [0.15, 0.2) is 0 Å². The van der Waals surface area contributed by atoms with E-state index in [1.54, 1.807) is 6.92 Å². The zero-order valence-corrected chi connectivity index (χ0v) is 28.5. The Hall–Kier alpha value is -4.13. The lowest BCUT2D eigenvalue weighted by atomic mass is 9.94. The molecule has 2 unspecified atom stereocenters. The Morgan fingerprint density at radius 2 is 1.89 bits per heavy atom. The molecule has 1 aromatic rings. The van der Waals surface area contributed by atoms with Gasteiger partial charge < -0.3 is 24.6 Å². The number of Topliss-reactive ketones (excluding diaryl/α,β-unsaturated/α-hetero) is 1. The van der Waals surface area contributed by atoms with E-state index in [1.807, 2.05) is 32.1 Å². The van der Waals surface area contributed by atoms with Gasteiger partial charge in [0.1, 0.15) is 35.5 Å². The minimum Gasteiger partial charge on any atom is -0.507 e. The molecule has 12 nitrogen and oxygen atoms in total. The first-order chi connectivity index (χ1) is 22.4. The van der Waals surface area contributed by atoms with Crippen LogP contribution < -0.4 is 10.1 Å². The Bertz CT molecular complexity index is 1450. The number of phenols is 1. The van der Waals surface area contributed by atoms with Crippen LogP contribution in [0.4, 0.5) is 0 Å². The maximum absolute atomic E-state index is 12.9. The third kappa shape index (κ3) is 9.69. The average Bonchev–Trinajstić information content (AvgIpc) is 3.57. The molecule has 0 aliphatic carbocycles. The number of esters is 2. The van der Waals surface area contributed by atoms with Crippen LogP contribution in [0.5, 0.6) is 11.5 Å². The number of likely N-dealkylation sites (tertiary alicyclic amines) is 1. The number of fused-ring (bicyclic) bond motifs is 1. The molecule has 3 rings (SSSR count). The number of ketones is 1. The standard InChI is InChI=1S/C34H44N2O10S/c1-6-7-8-10-22(37)11-9-16-36-28(39)17-26(32(36)41)47-19-25(33(42)45-5)35-27(38)15-13-20(2)12-14-23-30(40)29-24(18-46-34(29)43)21(3)31(23)44-4/h7-8,12,25-26,40H,6,9-11,13-19H2,1-5H3,(H,35,38)/b8-7-,20-12+. The molecule has 0 spiro atoms. The number of carbonyl (C=O) groups is 6. The maximum atomic E-state index is 12.9. The molecular weight excluding hydrogens is 628 g/mol. The van der Waals surface area contributed by atoms with Crippen LogP contribution in [0.2, 0.25) is 0 Å². The molecule has 47 heavy (non-hydrogen) atoms. The van der Waals surface area contributed by atoms with Crippen molar-refractivity contribution in [3.63, 3.8) is 0 Å². The van der Waals surface area contributed by atoms with Gasteiger partial charge in [0.2, 0.25) is 17.7 Å². The molecule has 0 radical (unpaired) electrons. The van der Waals surface area contributed by atoms with Crippen molar-refractivity contribution < 1.29 is 48.1 Å². The van der Waals surface area contributed by atoms with Gasteiger partial charge in [0.25, 0.3) is 0 Å². The van der Waals surface area contributed by atoms with E-state index >= 15 is 0 Å². The number of nitrogens with zero attached hydrogens (tertiary/aromatic N) is 1. The smallest absolute Gasteiger partial charge is 0.342 e. The van der Waals surface area contributed by atoms with Crippen molar-refractivity contribution in [1.82, 2.24) is 10.2 Å². The van der Waals surface area contributed by atoms with Crippen LogP contribution in [0, 0.1) is 6.92 Å². The highest BCUT2D eigenvalue weighted by Crippen LogP contribution is 2.42. The van der Waals surface area contributed by atoms with Gasteiger partial charge in [-0.3, -0.25) is 24.1 Å². The van der Waals surface area contributed by atoms with Crippen molar-refractivity contribution in [2.75, 3.05) is 26.5 Å². The van der Waals surface area contributed by atoms with E-state index in [1.165, 1.54) is 19.1 Å². The largest absolute Gasteiger partial charge is 0.507 e. The minimum atomic E-state index is -1.03. The number of hydrogen-bond acceptors (Lipinski definition) is 11. The molecule has 2 heterocycles. The summed E-state index contributed by atoms with van der Waals surface area (Å²) in [5.74, 6) is -1.98. The fraction of sp³-hybridized carbons (Fsp3) is 0.529. The van der Waals surface area contributed by atoms with Crippen LogP contribution >= 0.6 is 11.8 Å². The Labute approximate surface area is 279 Å². The van der Waals surface area contributed by atoms with E-state index in [-0.39, 0.29) is 73.5 Å². The SMILES string of the molecule is CC/C=C\CC(=O)CCCN1C(=O)CC(SCC(NC(=O)CC/C(C)=C/Cc2c(O)c3c(c(C)c2OC)COC3=O)C(=O)OC)C1=O. The monoisotopic (exact) mass is 672 g/mol. The Morgan fingerprint density at radius 3 is 2.57 bits per heavy atom. The molecule has 0 aromatic heterocycles. The quantitative estimate of drug-likeness (QED) is 0.132. The number of cyclic esters (lactones) is 1. The molecule has 2 atom stereocenters. The summed E-state index contributed by atoms with van der Waals surface area (Å²) in [6.45, 7) is 5.84. The Morgan fingerprint density at radius 1 is 1.15 bits per heavy atom.